The van der Waals surface area contributed by atoms with Gasteiger partial charge in [0.25, 0.3) is 0 Å². The van der Waals surface area contributed by atoms with E-state index >= 15 is 0 Å². The quantitative estimate of drug-likeness (QED) is 0.304. The van der Waals surface area contributed by atoms with Crippen molar-refractivity contribution in [3.63, 3.8) is 0 Å². The van der Waals surface area contributed by atoms with E-state index in [2.05, 4.69) is 21.2 Å². The van der Waals surface area contributed by atoms with Gasteiger partial charge in [-0.05, 0) is 24.9 Å². The van der Waals surface area contributed by atoms with Gasteiger partial charge in [0.1, 0.15) is 0 Å². The number of nitrogens with zero attached hydrogens (tertiary/aromatic N) is 1. The molecular formula is C14H22N4O2. The standard InChI is InChI=1S/C14H22N4O2/c19-11-10-15-8-4-5-9-16-14(20)18-17-12-13-6-2-1-3-7-13/h1-3,6-7,12,15,19H,4-5,8-11H2,(H2,16,18,20)/b17-12-. The monoisotopic (exact) mass is 278 g/mol. The molecule has 1 rings (SSSR count). The first-order chi connectivity index (χ1) is 9.83. The van der Waals surface area contributed by atoms with Crippen molar-refractivity contribution < 1.29 is 9.90 Å². The summed E-state index contributed by atoms with van der Waals surface area (Å²) in [5.41, 5.74) is 3.35. The van der Waals surface area contributed by atoms with Crippen molar-refractivity contribution in [1.29, 1.82) is 0 Å². The first-order valence-corrected chi connectivity index (χ1v) is 6.76. The summed E-state index contributed by atoms with van der Waals surface area (Å²) in [7, 11) is 0. The summed E-state index contributed by atoms with van der Waals surface area (Å²) in [6.07, 6.45) is 3.43. The van der Waals surface area contributed by atoms with Gasteiger partial charge in [-0.25, -0.2) is 10.2 Å². The topological polar surface area (TPSA) is 85.8 Å². The van der Waals surface area contributed by atoms with E-state index in [-0.39, 0.29) is 12.6 Å². The zero-order chi connectivity index (χ0) is 14.5. The van der Waals surface area contributed by atoms with Gasteiger partial charge in [0, 0.05) is 13.1 Å². The van der Waals surface area contributed by atoms with Crippen molar-refractivity contribution in [1.82, 2.24) is 16.1 Å². The smallest absolute Gasteiger partial charge is 0.335 e. The van der Waals surface area contributed by atoms with Crippen LogP contribution in [0.15, 0.2) is 35.4 Å². The number of carbonyl (C=O) groups excluding carboxylic acids is 1. The van der Waals surface area contributed by atoms with Gasteiger partial charge in [-0.2, -0.15) is 5.10 Å². The number of hydrogen-bond acceptors (Lipinski definition) is 4. The first kappa shape index (κ1) is 16.1. The van der Waals surface area contributed by atoms with Crippen LogP contribution in [0, 0.1) is 0 Å². The maximum atomic E-state index is 11.4. The summed E-state index contributed by atoms with van der Waals surface area (Å²) in [5.74, 6) is 0. The van der Waals surface area contributed by atoms with Crippen LogP contribution in [-0.2, 0) is 0 Å². The van der Waals surface area contributed by atoms with Gasteiger partial charge in [0.05, 0.1) is 12.8 Å². The molecule has 6 nitrogen and oxygen atoms in total. The Balaban J connectivity index is 2.02. The summed E-state index contributed by atoms with van der Waals surface area (Å²) in [6, 6.07) is 9.25. The fourth-order valence-corrected chi connectivity index (χ4v) is 1.53. The van der Waals surface area contributed by atoms with Gasteiger partial charge in [0.15, 0.2) is 0 Å². The Hall–Kier alpha value is -1.92. The lowest BCUT2D eigenvalue weighted by atomic mass is 10.2. The molecule has 1 aromatic rings. The van der Waals surface area contributed by atoms with E-state index in [9.17, 15) is 4.79 Å². The molecule has 0 heterocycles. The normalized spacial score (nSPS) is 10.7. The lowest BCUT2D eigenvalue weighted by Gasteiger charge is -2.04. The van der Waals surface area contributed by atoms with Gasteiger partial charge in [-0.3, -0.25) is 0 Å². The molecule has 0 aliphatic carbocycles. The summed E-state index contributed by atoms with van der Waals surface area (Å²) >= 11 is 0. The molecule has 0 unspecified atom stereocenters. The third kappa shape index (κ3) is 8.23. The van der Waals surface area contributed by atoms with Gasteiger partial charge >= 0.3 is 6.03 Å². The van der Waals surface area contributed by atoms with Crippen LogP contribution in [0.2, 0.25) is 0 Å². The summed E-state index contributed by atoms with van der Waals surface area (Å²) in [5, 5.41) is 18.2. The maximum Gasteiger partial charge on any atom is 0.335 e. The van der Waals surface area contributed by atoms with E-state index < -0.39 is 0 Å². The van der Waals surface area contributed by atoms with E-state index in [1.165, 1.54) is 0 Å². The lowest BCUT2D eigenvalue weighted by molar-refractivity contribution is 0.241. The van der Waals surface area contributed by atoms with Crippen molar-refractivity contribution in [2.75, 3.05) is 26.2 Å². The second-order valence-corrected chi connectivity index (χ2v) is 4.22. The number of aliphatic hydroxyl groups excluding tert-OH is 1. The molecule has 0 aliphatic rings. The number of carbonyl (C=O) groups is 1. The molecule has 4 N–H and O–H groups in total. The second kappa shape index (κ2) is 11.0. The number of hydrazone groups is 1. The van der Waals surface area contributed by atoms with Crippen molar-refractivity contribution in [2.24, 2.45) is 5.10 Å². The summed E-state index contributed by atoms with van der Waals surface area (Å²) in [4.78, 5) is 11.4. The highest BCUT2D eigenvalue weighted by molar-refractivity contribution is 5.81. The SMILES string of the molecule is O=C(NCCCCNCCO)N/N=C\c1ccccc1. The molecule has 2 amide bonds. The number of aliphatic hydroxyl groups is 1. The zero-order valence-electron chi connectivity index (χ0n) is 11.5. The summed E-state index contributed by atoms with van der Waals surface area (Å²) < 4.78 is 0. The second-order valence-electron chi connectivity index (χ2n) is 4.22. The van der Waals surface area contributed by atoms with Crippen molar-refractivity contribution >= 4 is 12.2 Å². The highest BCUT2D eigenvalue weighted by atomic mass is 16.3. The molecule has 110 valence electrons. The fraction of sp³-hybridized carbons (Fsp3) is 0.429. The number of hydrogen-bond donors (Lipinski definition) is 4. The minimum Gasteiger partial charge on any atom is -0.395 e. The van der Waals surface area contributed by atoms with E-state index in [0.29, 0.717) is 13.1 Å². The Bertz CT molecular complexity index is 395. The molecule has 0 spiro atoms. The van der Waals surface area contributed by atoms with Crippen molar-refractivity contribution in [3.05, 3.63) is 35.9 Å². The predicted octanol–water partition coefficient (Wildman–Crippen LogP) is 0.682. The number of amides is 2. The average Bonchev–Trinajstić information content (AvgIpc) is 2.47. The van der Waals surface area contributed by atoms with E-state index in [0.717, 1.165) is 24.9 Å². The first-order valence-electron chi connectivity index (χ1n) is 6.76. The largest absolute Gasteiger partial charge is 0.395 e. The minimum absolute atomic E-state index is 0.153. The summed E-state index contributed by atoms with van der Waals surface area (Å²) in [6.45, 7) is 2.21. The van der Waals surface area contributed by atoms with Crippen LogP contribution in [0.5, 0.6) is 0 Å². The molecule has 20 heavy (non-hydrogen) atoms. The lowest BCUT2D eigenvalue weighted by Crippen LogP contribution is -2.33. The molecule has 0 atom stereocenters. The van der Waals surface area contributed by atoms with Crippen LogP contribution < -0.4 is 16.1 Å². The average molecular weight is 278 g/mol. The number of rotatable bonds is 9. The van der Waals surface area contributed by atoms with Crippen LogP contribution in [0.3, 0.4) is 0 Å². The van der Waals surface area contributed by atoms with E-state index in [4.69, 9.17) is 5.11 Å². The van der Waals surface area contributed by atoms with E-state index in [1.807, 2.05) is 30.3 Å². The third-order valence-electron chi connectivity index (χ3n) is 2.53. The number of urea groups is 1. The Kier molecular flexibility index (Phi) is 8.84. The van der Waals surface area contributed by atoms with Crippen LogP contribution in [0.25, 0.3) is 0 Å². The number of unbranched alkanes of at least 4 members (excludes halogenated alkanes) is 1. The van der Waals surface area contributed by atoms with Crippen LogP contribution >= 0.6 is 0 Å². The maximum absolute atomic E-state index is 11.4. The Morgan fingerprint density at radius 3 is 2.65 bits per heavy atom. The highest BCUT2D eigenvalue weighted by Gasteiger charge is 1.96. The third-order valence-corrected chi connectivity index (χ3v) is 2.53. The Morgan fingerprint density at radius 2 is 1.90 bits per heavy atom. The molecule has 0 fully saturated rings. The number of benzene rings is 1. The van der Waals surface area contributed by atoms with Gasteiger partial charge < -0.3 is 15.7 Å². The molecule has 0 saturated heterocycles. The van der Waals surface area contributed by atoms with Crippen molar-refractivity contribution in [2.45, 2.75) is 12.8 Å². The highest BCUT2D eigenvalue weighted by Crippen LogP contribution is 1.93. The zero-order valence-corrected chi connectivity index (χ0v) is 11.5. The van der Waals surface area contributed by atoms with E-state index in [1.54, 1.807) is 6.21 Å². The molecule has 0 radical (unpaired) electrons. The Morgan fingerprint density at radius 1 is 1.15 bits per heavy atom. The Labute approximate surface area is 119 Å². The fourth-order valence-electron chi connectivity index (χ4n) is 1.53. The molecular weight excluding hydrogens is 256 g/mol. The van der Waals surface area contributed by atoms with Crippen molar-refractivity contribution in [3.8, 4) is 0 Å². The molecule has 0 bridgehead atoms. The van der Waals surface area contributed by atoms with Gasteiger partial charge in [0.2, 0.25) is 0 Å². The van der Waals surface area contributed by atoms with Crippen LogP contribution in [0.4, 0.5) is 4.79 Å². The molecule has 0 aliphatic heterocycles. The van der Waals surface area contributed by atoms with Gasteiger partial charge in [-0.1, -0.05) is 30.3 Å². The van der Waals surface area contributed by atoms with Crippen LogP contribution in [-0.4, -0.2) is 43.6 Å². The minimum atomic E-state index is -0.305. The van der Waals surface area contributed by atoms with Crippen LogP contribution in [0.1, 0.15) is 18.4 Å². The van der Waals surface area contributed by atoms with Gasteiger partial charge in [-0.15, -0.1) is 0 Å². The molecule has 0 aromatic heterocycles. The molecule has 1 aromatic carbocycles. The molecule has 6 heteroatoms. The predicted molar refractivity (Wildman–Crippen MR) is 79.8 cm³/mol. The molecule has 0 saturated carbocycles. The number of nitrogens with one attached hydrogen (secondary N) is 3.